The lowest BCUT2D eigenvalue weighted by molar-refractivity contribution is -0.117. The number of aryl methyl sites for hydroxylation is 1. The van der Waals surface area contributed by atoms with Gasteiger partial charge in [0.05, 0.1) is 11.6 Å². The zero-order chi connectivity index (χ0) is 27.8. The summed E-state index contributed by atoms with van der Waals surface area (Å²) in [6.45, 7) is 9.61. The number of halogens is 2. The molecule has 1 fully saturated rings. The fourth-order valence-electron chi connectivity index (χ4n) is 3.72. The summed E-state index contributed by atoms with van der Waals surface area (Å²) in [5.41, 5.74) is 2.25. The minimum atomic E-state index is -3.07. The third kappa shape index (κ3) is 8.96. The molecule has 204 valence electrons. The number of likely N-dealkylation sites (tertiary alicyclic amines) is 1. The topological polar surface area (TPSA) is 84.0 Å². The number of anilines is 2. The quantitative estimate of drug-likeness (QED) is 0.466. The first kappa shape index (κ1) is 30.0. The Morgan fingerprint density at radius 1 is 1.22 bits per heavy atom. The monoisotopic (exact) mass is 520 g/mol. The Morgan fingerprint density at radius 2 is 1.86 bits per heavy atom. The largest absolute Gasteiger partial charge is 0.415 e. The first-order chi connectivity index (χ1) is 17.4. The van der Waals surface area contributed by atoms with Crippen LogP contribution in [-0.4, -0.2) is 60.8 Å². The zero-order valence-electron chi connectivity index (χ0n) is 22.6. The second-order valence-corrected chi connectivity index (χ2v) is 10.1. The molecule has 3 rings (SSSR count). The summed E-state index contributed by atoms with van der Waals surface area (Å²) in [7, 11) is 1.71. The molecular formula is C27H38F2N4O4. The van der Waals surface area contributed by atoms with Crippen LogP contribution in [-0.2, 0) is 9.53 Å². The first-order valence-electron chi connectivity index (χ1n) is 12.2. The van der Waals surface area contributed by atoms with Gasteiger partial charge < -0.3 is 19.7 Å². The number of urea groups is 1. The molecule has 1 aliphatic rings. The average molecular weight is 521 g/mol. The number of hydrogen-bond donors (Lipinski definition) is 1. The van der Waals surface area contributed by atoms with Crippen molar-refractivity contribution in [3.63, 3.8) is 0 Å². The number of nitrogens with zero attached hydrogens (tertiary/aromatic N) is 3. The second-order valence-electron chi connectivity index (χ2n) is 10.1. The predicted octanol–water partition coefficient (Wildman–Crippen LogP) is 5.82. The van der Waals surface area contributed by atoms with E-state index < -0.39 is 12.6 Å². The van der Waals surface area contributed by atoms with Gasteiger partial charge in [0, 0.05) is 31.6 Å². The van der Waals surface area contributed by atoms with Crippen LogP contribution >= 0.6 is 0 Å². The predicted molar refractivity (Wildman–Crippen MR) is 140 cm³/mol. The highest BCUT2D eigenvalue weighted by Gasteiger charge is 2.33. The van der Waals surface area contributed by atoms with E-state index in [0.717, 1.165) is 12.0 Å². The minimum absolute atomic E-state index is 0.0417. The molecule has 0 spiro atoms. The highest BCUT2D eigenvalue weighted by Crippen LogP contribution is 2.32. The van der Waals surface area contributed by atoms with Gasteiger partial charge in [0.15, 0.2) is 0 Å². The van der Waals surface area contributed by atoms with Gasteiger partial charge in [-0.3, -0.25) is 9.69 Å². The number of rotatable bonds is 7. The Morgan fingerprint density at radius 3 is 2.41 bits per heavy atom. The van der Waals surface area contributed by atoms with Crippen molar-refractivity contribution in [3.05, 3.63) is 47.7 Å². The van der Waals surface area contributed by atoms with Crippen molar-refractivity contribution in [3.8, 4) is 5.88 Å². The Labute approximate surface area is 217 Å². The van der Waals surface area contributed by atoms with Gasteiger partial charge in [-0.25, -0.2) is 9.78 Å². The summed E-state index contributed by atoms with van der Waals surface area (Å²) in [5.74, 6) is -0.199. The number of carbonyl (C=O) groups excluding carboxylic acids is 2. The summed E-state index contributed by atoms with van der Waals surface area (Å²) in [4.78, 5) is 31.9. The van der Waals surface area contributed by atoms with Crippen LogP contribution in [0.15, 0.2) is 36.4 Å². The maximum absolute atomic E-state index is 13.4. The Bertz CT molecular complexity index is 1040. The third-order valence-corrected chi connectivity index (χ3v) is 5.80. The Hall–Kier alpha value is -3.27. The Kier molecular flexibility index (Phi) is 10.8. The van der Waals surface area contributed by atoms with Gasteiger partial charge in [0.2, 0.25) is 12.3 Å². The average Bonchev–Trinajstić information content (AvgIpc) is 3.29. The highest BCUT2D eigenvalue weighted by atomic mass is 19.3. The van der Waals surface area contributed by atoms with E-state index in [1.165, 1.54) is 6.07 Å². The molecule has 1 aromatic carbocycles. The lowest BCUT2D eigenvalue weighted by Crippen LogP contribution is -2.45. The molecular weight excluding hydrogens is 482 g/mol. The van der Waals surface area contributed by atoms with Gasteiger partial charge in [0.1, 0.15) is 5.69 Å². The van der Waals surface area contributed by atoms with Gasteiger partial charge in [0.25, 0.3) is 0 Å². The molecule has 1 N–H and O–H groups in total. The number of nitrogens with one attached hydrogen (secondary N) is 1. The maximum Gasteiger partial charge on any atom is 0.388 e. The molecule has 1 atom stereocenters. The number of hydrogen-bond acceptors (Lipinski definition) is 5. The number of para-hydroxylation sites is 1. The second kappa shape index (κ2) is 13.3. The molecule has 1 aromatic heterocycles. The lowest BCUT2D eigenvalue weighted by Gasteiger charge is -2.31. The Balaban J connectivity index is 0.000000717. The maximum atomic E-state index is 13.4. The van der Waals surface area contributed by atoms with E-state index in [0.29, 0.717) is 30.9 Å². The molecule has 2 heterocycles. The number of methoxy groups -OCH3 is 1. The molecule has 0 radical (unpaired) electrons. The van der Waals surface area contributed by atoms with Crippen LogP contribution in [0.5, 0.6) is 5.88 Å². The number of pyridine rings is 1. The number of benzene rings is 1. The van der Waals surface area contributed by atoms with E-state index in [4.69, 9.17) is 4.74 Å². The number of carbonyl (C=O) groups is 2. The van der Waals surface area contributed by atoms with E-state index in [1.807, 2.05) is 58.9 Å². The number of alkyl halides is 2. The summed E-state index contributed by atoms with van der Waals surface area (Å²) in [6, 6.07) is 9.86. The number of aromatic nitrogens is 1. The molecule has 8 nitrogen and oxygen atoms in total. The smallest absolute Gasteiger partial charge is 0.388 e. The summed E-state index contributed by atoms with van der Waals surface area (Å²) < 4.78 is 35.1. The van der Waals surface area contributed by atoms with Gasteiger partial charge in [-0.15, -0.1) is 0 Å². The van der Waals surface area contributed by atoms with Crippen LogP contribution in [0.3, 0.4) is 0 Å². The summed E-state index contributed by atoms with van der Waals surface area (Å²) in [6.07, 6.45) is 1.37. The van der Waals surface area contributed by atoms with Gasteiger partial charge in [-0.1, -0.05) is 32.0 Å². The van der Waals surface area contributed by atoms with Crippen LogP contribution in [0.1, 0.15) is 58.2 Å². The molecule has 37 heavy (non-hydrogen) atoms. The van der Waals surface area contributed by atoms with Gasteiger partial charge in [-0.05, 0) is 63.8 Å². The molecule has 1 aliphatic heterocycles. The van der Waals surface area contributed by atoms with Crippen LogP contribution in [0.2, 0.25) is 0 Å². The van der Waals surface area contributed by atoms with Gasteiger partial charge in [-0.2, -0.15) is 8.78 Å². The molecule has 0 bridgehead atoms. The first-order valence-corrected chi connectivity index (χ1v) is 12.2. The minimum Gasteiger partial charge on any atom is -0.415 e. The van der Waals surface area contributed by atoms with E-state index in [9.17, 15) is 18.4 Å². The van der Waals surface area contributed by atoms with Crippen molar-refractivity contribution in [2.45, 2.75) is 72.1 Å². The van der Waals surface area contributed by atoms with Crippen molar-refractivity contribution in [2.24, 2.45) is 0 Å². The van der Waals surface area contributed by atoms with Gasteiger partial charge >= 0.3 is 12.6 Å². The van der Waals surface area contributed by atoms with Crippen LogP contribution in [0.4, 0.5) is 25.0 Å². The lowest BCUT2D eigenvalue weighted by atomic mass is 9.99. The van der Waals surface area contributed by atoms with E-state index >= 15 is 0 Å². The van der Waals surface area contributed by atoms with Crippen molar-refractivity contribution in [1.82, 2.24) is 9.88 Å². The molecule has 10 heteroatoms. The number of amides is 3. The van der Waals surface area contributed by atoms with E-state index in [1.54, 1.807) is 29.9 Å². The zero-order valence-corrected chi connectivity index (χ0v) is 22.6. The van der Waals surface area contributed by atoms with Crippen molar-refractivity contribution >= 4 is 23.8 Å². The SMILES string of the molecule is COC(C)(C)C.Cc1ccc(NC(=O)N(c2ccccc2C(C)C)C2CCN(C=O)C2)c(OC(F)F)n1. The third-order valence-electron chi connectivity index (χ3n) is 5.80. The van der Waals surface area contributed by atoms with Crippen molar-refractivity contribution in [1.29, 1.82) is 0 Å². The molecule has 2 aromatic rings. The normalized spacial score (nSPS) is 15.3. The molecule has 0 saturated carbocycles. The van der Waals surface area contributed by atoms with Crippen molar-refractivity contribution < 1.29 is 27.8 Å². The van der Waals surface area contributed by atoms with Crippen LogP contribution in [0.25, 0.3) is 0 Å². The molecule has 3 amide bonds. The fourth-order valence-corrected chi connectivity index (χ4v) is 3.72. The van der Waals surface area contributed by atoms with Crippen LogP contribution < -0.4 is 15.0 Å². The highest BCUT2D eigenvalue weighted by molar-refractivity contribution is 6.03. The summed E-state index contributed by atoms with van der Waals surface area (Å²) >= 11 is 0. The number of ether oxygens (including phenoxy) is 2. The van der Waals surface area contributed by atoms with Crippen molar-refractivity contribution in [2.75, 3.05) is 30.4 Å². The molecule has 1 unspecified atom stereocenters. The standard InChI is InChI=1S/C22H26F2N4O3.C5H12O/c1-14(2)17-6-4-5-7-19(17)28(16-10-11-27(12-16)13-29)22(30)26-18-9-8-15(3)25-20(18)31-21(23)24;1-5(2,3)6-4/h4-9,13-14,16,21H,10-12H2,1-3H3,(H,26,30);1-4H3. The summed E-state index contributed by atoms with van der Waals surface area (Å²) in [5, 5.41) is 2.68. The van der Waals surface area contributed by atoms with E-state index in [2.05, 4.69) is 15.0 Å². The van der Waals surface area contributed by atoms with E-state index in [-0.39, 0.29) is 29.1 Å². The van der Waals surface area contributed by atoms with Crippen LogP contribution in [0, 0.1) is 6.92 Å². The fraction of sp³-hybridized carbons (Fsp3) is 0.519. The molecule has 0 aliphatic carbocycles. The molecule has 1 saturated heterocycles.